The van der Waals surface area contributed by atoms with Crippen LogP contribution in [-0.4, -0.2) is 0 Å². The van der Waals surface area contributed by atoms with Crippen LogP contribution in [0, 0.1) is 19.7 Å². The third kappa shape index (κ3) is 2.17. The van der Waals surface area contributed by atoms with Crippen LogP contribution in [0.4, 0.5) is 4.39 Å². The molecule has 0 unspecified atom stereocenters. The van der Waals surface area contributed by atoms with Crippen molar-refractivity contribution in [1.29, 1.82) is 0 Å². The van der Waals surface area contributed by atoms with Crippen LogP contribution >= 0.6 is 0 Å². The highest BCUT2D eigenvalue weighted by Crippen LogP contribution is 2.24. The number of hydrogen-bond donors (Lipinski definition) is 0. The van der Waals surface area contributed by atoms with Crippen LogP contribution in [0.2, 0.25) is 0 Å². The molecule has 0 saturated carbocycles. The van der Waals surface area contributed by atoms with Crippen molar-refractivity contribution in [2.45, 2.75) is 27.7 Å². The molecule has 0 aliphatic rings. The van der Waals surface area contributed by atoms with E-state index in [0.717, 1.165) is 21.9 Å². The SMILES string of the molecule is CC.Cc1cccc2c(F)ccc(C)c12. The Hall–Kier alpha value is -1.37. The highest BCUT2D eigenvalue weighted by molar-refractivity contribution is 5.88. The molecule has 0 radical (unpaired) electrons. The molecule has 0 atom stereocenters. The molecule has 80 valence electrons. The minimum atomic E-state index is -0.135. The number of aryl methyl sites for hydroxylation is 2. The van der Waals surface area contributed by atoms with Gasteiger partial charge in [-0.2, -0.15) is 0 Å². The number of halogens is 1. The number of fused-ring (bicyclic) bond motifs is 1. The zero-order chi connectivity index (χ0) is 11.4. The molecule has 0 fully saturated rings. The first kappa shape index (κ1) is 11.7. The lowest BCUT2D eigenvalue weighted by Gasteiger charge is -2.05. The van der Waals surface area contributed by atoms with E-state index >= 15 is 0 Å². The highest BCUT2D eigenvalue weighted by Gasteiger charge is 2.03. The van der Waals surface area contributed by atoms with Gasteiger partial charge >= 0.3 is 0 Å². The zero-order valence-electron chi connectivity index (χ0n) is 9.76. The van der Waals surface area contributed by atoms with Gasteiger partial charge in [0.25, 0.3) is 0 Å². The summed E-state index contributed by atoms with van der Waals surface area (Å²) in [5, 5.41) is 1.77. The quantitative estimate of drug-likeness (QED) is 0.587. The molecule has 1 heteroatoms. The van der Waals surface area contributed by atoms with E-state index in [1.54, 1.807) is 0 Å². The summed E-state index contributed by atoms with van der Waals surface area (Å²) >= 11 is 0. The molecule has 0 amide bonds. The molecular weight excluding hydrogens is 187 g/mol. The van der Waals surface area contributed by atoms with E-state index in [4.69, 9.17) is 0 Å². The second-order valence-electron chi connectivity index (χ2n) is 3.36. The van der Waals surface area contributed by atoms with Crippen LogP contribution in [-0.2, 0) is 0 Å². The van der Waals surface area contributed by atoms with Crippen LogP contribution in [0.15, 0.2) is 30.3 Å². The number of rotatable bonds is 0. The monoisotopic (exact) mass is 204 g/mol. The Kier molecular flexibility index (Phi) is 3.84. The molecule has 0 N–H and O–H groups in total. The molecular formula is C14H17F. The van der Waals surface area contributed by atoms with E-state index in [-0.39, 0.29) is 5.82 Å². The average Bonchev–Trinajstić information content (AvgIpc) is 2.26. The first-order valence-corrected chi connectivity index (χ1v) is 5.34. The molecule has 0 saturated heterocycles. The number of hydrogen-bond acceptors (Lipinski definition) is 0. The van der Waals surface area contributed by atoms with Gasteiger partial charge in [0.2, 0.25) is 0 Å². The zero-order valence-corrected chi connectivity index (χ0v) is 9.76. The predicted molar refractivity (Wildman–Crippen MR) is 64.7 cm³/mol. The Morgan fingerprint density at radius 1 is 0.867 bits per heavy atom. The smallest absolute Gasteiger partial charge is 0.131 e. The van der Waals surface area contributed by atoms with Gasteiger partial charge in [0.15, 0.2) is 0 Å². The predicted octanol–water partition coefficient (Wildman–Crippen LogP) is 4.62. The topological polar surface area (TPSA) is 0 Å². The summed E-state index contributed by atoms with van der Waals surface area (Å²) in [5.41, 5.74) is 2.27. The molecule has 0 aromatic heterocycles. The molecule has 0 heterocycles. The maximum atomic E-state index is 13.3. The van der Waals surface area contributed by atoms with E-state index < -0.39 is 0 Å². The minimum Gasteiger partial charge on any atom is -0.206 e. The fraction of sp³-hybridized carbons (Fsp3) is 0.286. The van der Waals surface area contributed by atoms with Crippen molar-refractivity contribution in [3.63, 3.8) is 0 Å². The van der Waals surface area contributed by atoms with Gasteiger partial charge in [-0.1, -0.05) is 38.1 Å². The van der Waals surface area contributed by atoms with E-state index in [2.05, 4.69) is 0 Å². The fourth-order valence-corrected chi connectivity index (χ4v) is 1.76. The first-order chi connectivity index (χ1) is 7.20. The second kappa shape index (κ2) is 4.92. The molecule has 2 aromatic carbocycles. The summed E-state index contributed by atoms with van der Waals surface area (Å²) < 4.78 is 13.3. The van der Waals surface area contributed by atoms with E-state index in [9.17, 15) is 4.39 Å². The average molecular weight is 204 g/mol. The largest absolute Gasteiger partial charge is 0.206 e. The summed E-state index contributed by atoms with van der Waals surface area (Å²) in [7, 11) is 0. The van der Waals surface area contributed by atoms with E-state index in [1.165, 1.54) is 6.07 Å². The maximum Gasteiger partial charge on any atom is 0.131 e. The second-order valence-corrected chi connectivity index (χ2v) is 3.36. The summed E-state index contributed by atoms with van der Waals surface area (Å²) in [4.78, 5) is 0. The Balaban J connectivity index is 0.000000531. The number of benzene rings is 2. The van der Waals surface area contributed by atoms with Gasteiger partial charge in [-0.15, -0.1) is 0 Å². The van der Waals surface area contributed by atoms with Gasteiger partial charge < -0.3 is 0 Å². The molecule has 0 aliphatic carbocycles. The lowest BCUT2D eigenvalue weighted by molar-refractivity contribution is 0.639. The Bertz CT molecular complexity index is 450. The molecule has 2 aromatic rings. The lowest BCUT2D eigenvalue weighted by Crippen LogP contribution is -1.86. The lowest BCUT2D eigenvalue weighted by atomic mass is 10.0. The van der Waals surface area contributed by atoms with E-state index in [1.807, 2.05) is 52.0 Å². The van der Waals surface area contributed by atoms with Gasteiger partial charge in [-0.25, -0.2) is 4.39 Å². The van der Waals surface area contributed by atoms with Crippen molar-refractivity contribution < 1.29 is 4.39 Å². The van der Waals surface area contributed by atoms with Crippen molar-refractivity contribution in [2.75, 3.05) is 0 Å². The van der Waals surface area contributed by atoms with Crippen molar-refractivity contribution in [2.24, 2.45) is 0 Å². The van der Waals surface area contributed by atoms with Crippen molar-refractivity contribution >= 4 is 10.8 Å². The minimum absolute atomic E-state index is 0.135. The molecule has 15 heavy (non-hydrogen) atoms. The third-order valence-electron chi connectivity index (χ3n) is 2.40. The van der Waals surface area contributed by atoms with Crippen LogP contribution in [0.25, 0.3) is 10.8 Å². The van der Waals surface area contributed by atoms with Crippen LogP contribution in [0.3, 0.4) is 0 Å². The van der Waals surface area contributed by atoms with Gasteiger partial charge in [0, 0.05) is 5.39 Å². The van der Waals surface area contributed by atoms with Crippen molar-refractivity contribution in [3.05, 3.63) is 47.3 Å². The maximum absolute atomic E-state index is 13.3. The Morgan fingerprint density at radius 3 is 2.07 bits per heavy atom. The summed E-state index contributed by atoms with van der Waals surface area (Å²) in [6, 6.07) is 9.07. The Morgan fingerprint density at radius 2 is 1.47 bits per heavy atom. The molecule has 0 bridgehead atoms. The molecule has 0 spiro atoms. The Labute approximate surface area is 90.7 Å². The van der Waals surface area contributed by atoms with Crippen molar-refractivity contribution in [1.82, 2.24) is 0 Å². The van der Waals surface area contributed by atoms with Gasteiger partial charge in [-0.3, -0.25) is 0 Å². The molecule has 0 aliphatic heterocycles. The normalized spacial score (nSPS) is 9.67. The van der Waals surface area contributed by atoms with Crippen LogP contribution in [0.5, 0.6) is 0 Å². The first-order valence-electron chi connectivity index (χ1n) is 5.34. The summed E-state index contributed by atoms with van der Waals surface area (Å²) in [6.45, 7) is 8.02. The third-order valence-corrected chi connectivity index (χ3v) is 2.40. The molecule has 0 nitrogen and oxygen atoms in total. The van der Waals surface area contributed by atoms with Crippen LogP contribution in [0.1, 0.15) is 25.0 Å². The van der Waals surface area contributed by atoms with Gasteiger partial charge in [0.1, 0.15) is 5.82 Å². The van der Waals surface area contributed by atoms with Crippen LogP contribution < -0.4 is 0 Å². The molecule has 2 rings (SSSR count). The van der Waals surface area contributed by atoms with Gasteiger partial charge in [0.05, 0.1) is 0 Å². The van der Waals surface area contributed by atoms with Gasteiger partial charge in [-0.05, 0) is 36.4 Å². The highest BCUT2D eigenvalue weighted by atomic mass is 19.1. The van der Waals surface area contributed by atoms with Crippen molar-refractivity contribution in [3.8, 4) is 0 Å². The summed E-state index contributed by atoms with van der Waals surface area (Å²) in [5.74, 6) is -0.135. The standard InChI is InChI=1S/C12H11F.C2H6/c1-8-4-3-5-10-11(13)7-6-9(2)12(8)10;1-2/h3-7H,1-2H3;1-2H3. The fourth-order valence-electron chi connectivity index (χ4n) is 1.76. The van der Waals surface area contributed by atoms with E-state index in [0.29, 0.717) is 0 Å². The summed E-state index contributed by atoms with van der Waals surface area (Å²) in [6.07, 6.45) is 0.